The maximum atomic E-state index is 14.0. The molecule has 0 spiro atoms. The van der Waals surface area contributed by atoms with Crippen LogP contribution in [0.3, 0.4) is 0 Å². The van der Waals surface area contributed by atoms with Crippen LogP contribution in [-0.2, 0) is 17.1 Å². The second-order valence-corrected chi connectivity index (χ2v) is 10.5. The summed E-state index contributed by atoms with van der Waals surface area (Å²) in [5.74, 6) is -0.317. The molecule has 0 bridgehead atoms. The van der Waals surface area contributed by atoms with Gasteiger partial charge >= 0.3 is 0 Å². The smallest absolute Gasteiger partial charge is 0.294 e. The highest BCUT2D eigenvalue weighted by Gasteiger charge is 2.29. The van der Waals surface area contributed by atoms with Crippen LogP contribution >= 0.6 is 12.4 Å². The fourth-order valence-electron chi connectivity index (χ4n) is 4.17. The Morgan fingerprint density at radius 2 is 1.70 bits per heavy atom. The zero-order chi connectivity index (χ0) is 25.3. The van der Waals surface area contributed by atoms with Crippen molar-refractivity contribution in [3.63, 3.8) is 0 Å². The summed E-state index contributed by atoms with van der Waals surface area (Å²) in [4.78, 5) is 21.9. The Hall–Kier alpha value is -3.54. The van der Waals surface area contributed by atoms with Crippen molar-refractivity contribution in [3.05, 3.63) is 83.0 Å². The van der Waals surface area contributed by atoms with E-state index < -0.39 is 21.4 Å². The maximum Gasteiger partial charge on any atom is 0.294 e. The first-order chi connectivity index (χ1) is 17.3. The molecule has 0 radical (unpaired) electrons. The Kier molecular flexibility index (Phi) is 7.76. The van der Waals surface area contributed by atoms with Crippen LogP contribution in [0.2, 0.25) is 0 Å². The van der Waals surface area contributed by atoms with Crippen LogP contribution in [0.15, 0.2) is 76.6 Å². The lowest BCUT2D eigenvalue weighted by atomic mass is 10.1. The molecule has 3 heterocycles. The minimum atomic E-state index is -3.53. The molecule has 12 heteroatoms. The van der Waals surface area contributed by atoms with Crippen LogP contribution in [-0.4, -0.2) is 46.4 Å². The van der Waals surface area contributed by atoms with E-state index in [0.29, 0.717) is 42.9 Å². The van der Waals surface area contributed by atoms with Crippen molar-refractivity contribution in [2.24, 2.45) is 7.05 Å². The predicted molar refractivity (Wildman–Crippen MR) is 140 cm³/mol. The lowest BCUT2D eigenvalue weighted by Gasteiger charge is -2.31. The molecule has 0 aliphatic carbocycles. The fraction of sp³-hybridized carbons (Fsp3) is 0.240. The van der Waals surface area contributed by atoms with Crippen molar-refractivity contribution in [2.45, 2.75) is 23.8 Å². The van der Waals surface area contributed by atoms with Gasteiger partial charge in [-0.2, -0.15) is 9.29 Å². The van der Waals surface area contributed by atoms with Crippen molar-refractivity contribution in [2.75, 3.05) is 18.4 Å². The number of rotatable bonds is 6. The number of sulfonamides is 1. The normalized spacial score (nSPS) is 14.8. The van der Waals surface area contributed by atoms with E-state index in [-0.39, 0.29) is 34.8 Å². The molecule has 1 N–H and O–H groups in total. The second kappa shape index (κ2) is 10.8. The Bertz CT molecular complexity index is 1580. The molecule has 0 amide bonds. The molecular weight excluding hydrogens is 521 g/mol. The van der Waals surface area contributed by atoms with Crippen LogP contribution in [0.25, 0.3) is 11.0 Å². The van der Waals surface area contributed by atoms with Gasteiger partial charge in [0.15, 0.2) is 17.3 Å². The number of ether oxygens (including phenoxy) is 1. The van der Waals surface area contributed by atoms with Crippen LogP contribution in [0, 0.1) is 5.82 Å². The van der Waals surface area contributed by atoms with Gasteiger partial charge in [-0.25, -0.2) is 17.8 Å². The van der Waals surface area contributed by atoms with Gasteiger partial charge in [-0.05, 0) is 43.2 Å². The highest BCUT2D eigenvalue weighted by Crippen LogP contribution is 2.25. The molecule has 1 aliphatic heterocycles. The Morgan fingerprint density at radius 1 is 1.03 bits per heavy atom. The molecule has 5 rings (SSSR count). The maximum absolute atomic E-state index is 14.0. The standard InChI is InChI=1S/C25H24FN5O4S.ClH/c1-30-23-17(15-22(24(30)32)35-21-10-6-5-9-20(21)26)16-27-25(29-23)28-18-11-13-31(14-12-18)36(33,34)19-7-3-2-4-8-19;/h2-10,15-16,18H,11-14H2,1H3,(H,27,28,29);1H. The Labute approximate surface area is 219 Å². The van der Waals surface area contributed by atoms with Gasteiger partial charge < -0.3 is 10.1 Å². The number of nitrogens with zero attached hydrogens (tertiary/aromatic N) is 4. The Morgan fingerprint density at radius 3 is 2.41 bits per heavy atom. The molecule has 1 saturated heterocycles. The Balaban J connectivity index is 0.00000320. The monoisotopic (exact) mass is 545 g/mol. The molecule has 0 atom stereocenters. The minimum absolute atomic E-state index is 0. The highest BCUT2D eigenvalue weighted by molar-refractivity contribution is 7.89. The first kappa shape index (κ1) is 26.5. The molecular formula is C25H25ClFN5O4S. The van der Waals surface area contributed by atoms with Crippen molar-refractivity contribution >= 4 is 39.4 Å². The number of nitrogens with one attached hydrogen (secondary N) is 1. The summed E-state index contributed by atoms with van der Waals surface area (Å²) in [6, 6.07) is 15.7. The third-order valence-corrected chi connectivity index (χ3v) is 8.05. The zero-order valence-electron chi connectivity index (χ0n) is 19.9. The van der Waals surface area contributed by atoms with Gasteiger partial charge in [0.25, 0.3) is 5.56 Å². The minimum Gasteiger partial charge on any atom is -0.448 e. The third-order valence-electron chi connectivity index (χ3n) is 6.14. The van der Waals surface area contributed by atoms with Crippen LogP contribution < -0.4 is 15.6 Å². The van der Waals surface area contributed by atoms with E-state index >= 15 is 0 Å². The third kappa shape index (κ3) is 5.43. The first-order valence-corrected chi connectivity index (χ1v) is 12.9. The largest absolute Gasteiger partial charge is 0.448 e. The van der Waals surface area contributed by atoms with Gasteiger partial charge in [-0.15, -0.1) is 12.4 Å². The average molecular weight is 546 g/mol. The quantitative estimate of drug-likeness (QED) is 0.391. The van der Waals surface area contributed by atoms with Gasteiger partial charge in [-0.3, -0.25) is 9.36 Å². The first-order valence-electron chi connectivity index (χ1n) is 11.4. The van der Waals surface area contributed by atoms with E-state index in [2.05, 4.69) is 15.3 Å². The number of para-hydroxylation sites is 1. The molecule has 0 saturated carbocycles. The van der Waals surface area contributed by atoms with E-state index in [1.165, 1.54) is 33.1 Å². The van der Waals surface area contributed by atoms with E-state index in [4.69, 9.17) is 4.74 Å². The number of aromatic nitrogens is 3. The van der Waals surface area contributed by atoms with Gasteiger partial charge in [0.2, 0.25) is 16.0 Å². The number of benzene rings is 2. The van der Waals surface area contributed by atoms with Gasteiger partial charge in [-0.1, -0.05) is 30.3 Å². The molecule has 0 unspecified atom stereocenters. The number of pyridine rings is 1. The number of hydrogen-bond acceptors (Lipinski definition) is 7. The molecule has 9 nitrogen and oxygen atoms in total. The number of aryl methyl sites for hydroxylation is 1. The number of halogens is 2. The van der Waals surface area contributed by atoms with Gasteiger partial charge in [0.05, 0.1) is 4.90 Å². The van der Waals surface area contributed by atoms with E-state index in [1.54, 1.807) is 49.6 Å². The summed E-state index contributed by atoms with van der Waals surface area (Å²) in [7, 11) is -1.97. The number of hydrogen-bond donors (Lipinski definition) is 1. The average Bonchev–Trinajstić information content (AvgIpc) is 2.89. The molecule has 2 aromatic heterocycles. The zero-order valence-corrected chi connectivity index (χ0v) is 21.5. The van der Waals surface area contributed by atoms with Crippen LogP contribution in [0.1, 0.15) is 12.8 Å². The second-order valence-electron chi connectivity index (χ2n) is 8.51. The van der Waals surface area contributed by atoms with Crippen LogP contribution in [0.5, 0.6) is 11.5 Å². The predicted octanol–water partition coefficient (Wildman–Crippen LogP) is 3.95. The molecule has 1 fully saturated rings. The molecule has 2 aromatic carbocycles. The van der Waals surface area contributed by atoms with Crippen molar-refractivity contribution in [1.82, 2.24) is 18.8 Å². The number of piperidine rings is 1. The van der Waals surface area contributed by atoms with Crippen molar-refractivity contribution in [3.8, 4) is 11.5 Å². The molecule has 194 valence electrons. The van der Waals surface area contributed by atoms with Gasteiger partial charge in [0.1, 0.15) is 5.65 Å². The molecule has 1 aliphatic rings. The SMILES string of the molecule is Cl.Cn1c(=O)c(Oc2ccccc2F)cc2cnc(NC3CCN(S(=O)(=O)c4ccccc4)CC3)nc21. The summed E-state index contributed by atoms with van der Waals surface area (Å²) >= 11 is 0. The van der Waals surface area contributed by atoms with Crippen molar-refractivity contribution < 1.29 is 17.5 Å². The lowest BCUT2D eigenvalue weighted by Crippen LogP contribution is -2.42. The summed E-state index contributed by atoms with van der Waals surface area (Å²) in [6.07, 6.45) is 2.73. The number of anilines is 1. The highest BCUT2D eigenvalue weighted by atomic mass is 35.5. The summed E-state index contributed by atoms with van der Waals surface area (Å²) in [5, 5.41) is 3.81. The fourth-order valence-corrected chi connectivity index (χ4v) is 5.66. The topological polar surface area (TPSA) is 106 Å². The molecule has 37 heavy (non-hydrogen) atoms. The summed E-state index contributed by atoms with van der Waals surface area (Å²) < 4.78 is 48.0. The lowest BCUT2D eigenvalue weighted by molar-refractivity contribution is 0.329. The summed E-state index contributed by atoms with van der Waals surface area (Å²) in [5.41, 5.74) is -0.0719. The molecule has 4 aromatic rings. The van der Waals surface area contributed by atoms with Crippen LogP contribution in [0.4, 0.5) is 10.3 Å². The van der Waals surface area contributed by atoms with E-state index in [0.717, 1.165) is 0 Å². The van der Waals surface area contributed by atoms with E-state index in [9.17, 15) is 17.6 Å². The summed E-state index contributed by atoms with van der Waals surface area (Å²) in [6.45, 7) is 0.745. The van der Waals surface area contributed by atoms with E-state index in [1.807, 2.05) is 0 Å². The number of fused-ring (bicyclic) bond motifs is 1. The van der Waals surface area contributed by atoms with Crippen molar-refractivity contribution in [1.29, 1.82) is 0 Å². The van der Waals surface area contributed by atoms with Gasteiger partial charge in [0, 0.05) is 37.8 Å².